The molecule has 0 fully saturated rings. The van der Waals surface area contributed by atoms with E-state index in [1.54, 1.807) is 13.8 Å². The predicted molar refractivity (Wildman–Crippen MR) is 65.2 cm³/mol. The van der Waals surface area contributed by atoms with Gasteiger partial charge in [-0.1, -0.05) is 20.3 Å². The van der Waals surface area contributed by atoms with E-state index in [9.17, 15) is 9.59 Å². The van der Waals surface area contributed by atoms with Crippen molar-refractivity contribution in [1.29, 1.82) is 0 Å². The van der Waals surface area contributed by atoms with Gasteiger partial charge in [0, 0.05) is 0 Å². The summed E-state index contributed by atoms with van der Waals surface area (Å²) in [6.45, 7) is 5.49. The van der Waals surface area contributed by atoms with Gasteiger partial charge in [-0.2, -0.15) is 0 Å². The van der Waals surface area contributed by atoms with E-state index in [1.807, 2.05) is 6.92 Å². The number of aliphatic carboxylic acids is 1. The molecule has 0 saturated heterocycles. The van der Waals surface area contributed by atoms with Crippen LogP contribution in [0.1, 0.15) is 34.9 Å². The Balaban J connectivity index is 2.74. The Morgan fingerprint density at radius 1 is 1.59 bits per heavy atom. The number of nitrogens with one attached hydrogen (secondary N) is 1. The van der Waals surface area contributed by atoms with Gasteiger partial charge in [-0.15, -0.1) is 11.3 Å². The normalized spacial score (nSPS) is 14.1. The number of carboxylic acid groups (broad SMARTS) is 1. The molecule has 5 nitrogen and oxygen atoms in total. The van der Waals surface area contributed by atoms with Crippen molar-refractivity contribution in [1.82, 2.24) is 10.3 Å². The highest BCUT2D eigenvalue weighted by atomic mass is 32.1. The van der Waals surface area contributed by atoms with E-state index in [0.717, 1.165) is 5.01 Å². The second-order valence-corrected chi connectivity index (χ2v) is 5.15. The lowest BCUT2D eigenvalue weighted by Crippen LogP contribution is -2.44. The molecule has 1 heterocycles. The molecular weight excluding hydrogens is 240 g/mol. The number of hydrogen-bond acceptors (Lipinski definition) is 4. The van der Waals surface area contributed by atoms with Gasteiger partial charge in [0.05, 0.1) is 11.2 Å². The van der Waals surface area contributed by atoms with E-state index in [4.69, 9.17) is 5.11 Å². The van der Waals surface area contributed by atoms with Crippen molar-refractivity contribution in [3.63, 3.8) is 0 Å². The Kier molecular flexibility index (Phi) is 4.62. The highest BCUT2D eigenvalue weighted by Crippen LogP contribution is 2.13. The van der Waals surface area contributed by atoms with Crippen molar-refractivity contribution < 1.29 is 14.7 Å². The zero-order valence-electron chi connectivity index (χ0n) is 10.1. The molecule has 0 aliphatic carbocycles. The number of carbonyl (C=O) groups excluding carboxylic acids is 1. The van der Waals surface area contributed by atoms with E-state index in [1.165, 1.54) is 17.5 Å². The van der Waals surface area contributed by atoms with Crippen LogP contribution in [0.2, 0.25) is 0 Å². The van der Waals surface area contributed by atoms with E-state index in [0.29, 0.717) is 11.3 Å². The molecule has 1 amide bonds. The van der Waals surface area contributed by atoms with Crippen LogP contribution in [0, 0.1) is 12.8 Å². The van der Waals surface area contributed by atoms with Crippen molar-refractivity contribution in [3.8, 4) is 0 Å². The zero-order valence-corrected chi connectivity index (χ0v) is 10.9. The van der Waals surface area contributed by atoms with Crippen LogP contribution in [0.3, 0.4) is 0 Å². The summed E-state index contributed by atoms with van der Waals surface area (Å²) in [6.07, 6.45) is 2.16. The quantitative estimate of drug-likeness (QED) is 0.840. The molecule has 94 valence electrons. The molecule has 1 aromatic heterocycles. The van der Waals surface area contributed by atoms with Crippen LogP contribution in [0.5, 0.6) is 0 Å². The summed E-state index contributed by atoms with van der Waals surface area (Å²) >= 11 is 1.25. The second-order valence-electron chi connectivity index (χ2n) is 3.92. The number of thiazole rings is 1. The number of hydrogen-bond donors (Lipinski definition) is 2. The first-order valence-electron chi connectivity index (χ1n) is 5.41. The number of rotatable bonds is 5. The van der Waals surface area contributed by atoms with Crippen molar-refractivity contribution in [2.24, 2.45) is 5.92 Å². The molecule has 1 aromatic rings. The minimum Gasteiger partial charge on any atom is -0.480 e. The number of carboxylic acids is 1. The average molecular weight is 256 g/mol. The monoisotopic (exact) mass is 256 g/mol. The van der Waals surface area contributed by atoms with Gasteiger partial charge in [-0.25, -0.2) is 9.78 Å². The number of aromatic nitrogens is 1. The van der Waals surface area contributed by atoms with Gasteiger partial charge in [-0.05, 0) is 12.8 Å². The molecule has 0 aliphatic rings. The molecule has 2 unspecified atom stereocenters. The first-order valence-corrected chi connectivity index (χ1v) is 6.23. The fourth-order valence-corrected chi connectivity index (χ4v) is 2.04. The molecule has 1 rings (SSSR count). The van der Waals surface area contributed by atoms with E-state index in [2.05, 4.69) is 10.3 Å². The van der Waals surface area contributed by atoms with E-state index in [-0.39, 0.29) is 11.8 Å². The number of carbonyl (C=O) groups is 2. The van der Waals surface area contributed by atoms with Crippen LogP contribution < -0.4 is 5.32 Å². The highest BCUT2D eigenvalue weighted by molar-refractivity contribution is 7.13. The topological polar surface area (TPSA) is 79.3 Å². The first-order chi connectivity index (χ1) is 7.95. The lowest BCUT2D eigenvalue weighted by atomic mass is 9.99. The van der Waals surface area contributed by atoms with Crippen molar-refractivity contribution in [2.75, 3.05) is 0 Å². The number of amides is 1. The van der Waals surface area contributed by atoms with Gasteiger partial charge in [0.25, 0.3) is 5.91 Å². The molecule has 0 saturated carbocycles. The largest absolute Gasteiger partial charge is 0.480 e. The van der Waals surface area contributed by atoms with Crippen LogP contribution in [0.15, 0.2) is 6.20 Å². The van der Waals surface area contributed by atoms with Gasteiger partial charge in [0.15, 0.2) is 0 Å². The molecule has 0 aromatic carbocycles. The third kappa shape index (κ3) is 3.52. The number of nitrogens with zero attached hydrogens (tertiary/aromatic N) is 1. The van der Waals surface area contributed by atoms with Crippen LogP contribution >= 0.6 is 11.3 Å². The van der Waals surface area contributed by atoms with Crippen LogP contribution in [-0.4, -0.2) is 28.0 Å². The average Bonchev–Trinajstić information content (AvgIpc) is 2.71. The molecule has 17 heavy (non-hydrogen) atoms. The molecular formula is C11H16N2O3S. The Labute approximate surface area is 104 Å². The third-order valence-electron chi connectivity index (χ3n) is 2.61. The van der Waals surface area contributed by atoms with Crippen LogP contribution in [-0.2, 0) is 4.79 Å². The summed E-state index contributed by atoms with van der Waals surface area (Å²) < 4.78 is 0. The third-order valence-corrected chi connectivity index (χ3v) is 3.52. The summed E-state index contributed by atoms with van der Waals surface area (Å²) in [7, 11) is 0. The maximum Gasteiger partial charge on any atom is 0.326 e. The van der Waals surface area contributed by atoms with E-state index < -0.39 is 12.0 Å². The summed E-state index contributed by atoms with van der Waals surface area (Å²) in [5.74, 6) is -1.48. The van der Waals surface area contributed by atoms with Gasteiger partial charge in [0.2, 0.25) is 0 Å². The minimum absolute atomic E-state index is 0.106. The highest BCUT2D eigenvalue weighted by Gasteiger charge is 2.26. The maximum atomic E-state index is 11.8. The minimum atomic E-state index is -1.01. The smallest absolute Gasteiger partial charge is 0.326 e. The van der Waals surface area contributed by atoms with Gasteiger partial charge >= 0.3 is 5.97 Å². The molecule has 0 aliphatic heterocycles. The molecule has 0 bridgehead atoms. The lowest BCUT2D eigenvalue weighted by Gasteiger charge is -2.19. The maximum absolute atomic E-state index is 11.8. The van der Waals surface area contributed by atoms with Gasteiger partial charge in [-0.3, -0.25) is 4.79 Å². The van der Waals surface area contributed by atoms with Gasteiger partial charge in [0.1, 0.15) is 10.9 Å². The Morgan fingerprint density at radius 2 is 2.24 bits per heavy atom. The second kappa shape index (κ2) is 5.77. The molecule has 2 N–H and O–H groups in total. The summed E-state index contributed by atoms with van der Waals surface area (Å²) in [6, 6.07) is -0.852. The first kappa shape index (κ1) is 13.6. The SMILES string of the molecule is CCC(C)C(NC(=O)c1cnc(C)s1)C(=O)O. The molecule has 0 spiro atoms. The van der Waals surface area contributed by atoms with Crippen molar-refractivity contribution >= 4 is 23.2 Å². The Bertz CT molecular complexity index is 417. The van der Waals surface area contributed by atoms with Crippen LogP contribution in [0.25, 0.3) is 0 Å². The van der Waals surface area contributed by atoms with E-state index >= 15 is 0 Å². The Hall–Kier alpha value is -1.43. The Morgan fingerprint density at radius 3 is 2.65 bits per heavy atom. The predicted octanol–water partition coefficient (Wildman–Crippen LogP) is 1.68. The summed E-state index contributed by atoms with van der Waals surface area (Å²) in [5, 5.41) is 12.4. The van der Waals surface area contributed by atoms with Crippen molar-refractivity contribution in [2.45, 2.75) is 33.2 Å². The molecule has 2 atom stereocenters. The molecule has 6 heteroatoms. The summed E-state index contributed by atoms with van der Waals surface area (Å²) in [4.78, 5) is 27.2. The van der Waals surface area contributed by atoms with Crippen LogP contribution in [0.4, 0.5) is 0 Å². The standard InChI is InChI=1S/C11H16N2O3S/c1-4-6(2)9(11(15)16)13-10(14)8-5-12-7(3)17-8/h5-6,9H,4H2,1-3H3,(H,13,14)(H,15,16). The molecule has 0 radical (unpaired) electrons. The summed E-state index contributed by atoms with van der Waals surface area (Å²) in [5.41, 5.74) is 0. The fourth-order valence-electron chi connectivity index (χ4n) is 1.36. The van der Waals surface area contributed by atoms with Gasteiger partial charge < -0.3 is 10.4 Å². The number of aryl methyl sites for hydroxylation is 1. The fraction of sp³-hybridized carbons (Fsp3) is 0.545. The van der Waals surface area contributed by atoms with Crippen molar-refractivity contribution in [3.05, 3.63) is 16.1 Å². The zero-order chi connectivity index (χ0) is 13.0. The lowest BCUT2D eigenvalue weighted by molar-refractivity contribution is -0.140.